The molecule has 7 nitrogen and oxygen atoms in total. The number of hydrogen-bond acceptors (Lipinski definition) is 5. The van der Waals surface area contributed by atoms with Crippen LogP contribution in [0.4, 0.5) is 0 Å². The normalized spacial score (nSPS) is 19.2. The van der Waals surface area contributed by atoms with Gasteiger partial charge in [0.1, 0.15) is 17.5 Å². The van der Waals surface area contributed by atoms with Gasteiger partial charge in [-0.25, -0.2) is 9.78 Å². The Morgan fingerprint density at radius 1 is 1.17 bits per heavy atom. The van der Waals surface area contributed by atoms with Crippen molar-refractivity contribution in [2.24, 2.45) is 17.8 Å². The highest BCUT2D eigenvalue weighted by atomic mass is 16.5. The quantitative estimate of drug-likeness (QED) is 0.432. The molecule has 0 spiro atoms. The maximum absolute atomic E-state index is 12.7. The molecule has 35 heavy (non-hydrogen) atoms. The van der Waals surface area contributed by atoms with Gasteiger partial charge in [0, 0.05) is 24.5 Å². The molecular weight excluding hydrogens is 444 g/mol. The average molecular weight is 485 g/mol. The number of nitrogens with zero attached hydrogens (tertiary/aromatic N) is 1. The number of carbonyl (C=O) groups is 2. The third-order valence-corrected chi connectivity index (χ3v) is 6.90. The van der Waals surface area contributed by atoms with Crippen LogP contribution in [0.15, 0.2) is 28.7 Å². The van der Waals surface area contributed by atoms with E-state index in [0.717, 1.165) is 42.7 Å². The van der Waals surface area contributed by atoms with Crippen molar-refractivity contribution >= 4 is 11.9 Å². The highest BCUT2D eigenvalue weighted by molar-refractivity contribution is 5.85. The number of rotatable bonds is 11. The first-order valence-corrected chi connectivity index (χ1v) is 12.9. The summed E-state index contributed by atoms with van der Waals surface area (Å²) in [5.41, 5.74) is 3.06. The van der Waals surface area contributed by atoms with Gasteiger partial charge in [0.2, 0.25) is 11.8 Å². The molecule has 1 fully saturated rings. The maximum atomic E-state index is 12.7. The van der Waals surface area contributed by atoms with Gasteiger partial charge < -0.3 is 19.6 Å². The number of oxazole rings is 1. The molecule has 3 atom stereocenters. The minimum atomic E-state index is -0.987. The molecule has 1 saturated carbocycles. The molecule has 2 N–H and O–H groups in total. The van der Waals surface area contributed by atoms with Crippen molar-refractivity contribution in [3.63, 3.8) is 0 Å². The molecular formula is C28H40N2O5. The van der Waals surface area contributed by atoms with Gasteiger partial charge in [-0.15, -0.1) is 0 Å². The summed E-state index contributed by atoms with van der Waals surface area (Å²) < 4.78 is 12.1. The highest BCUT2D eigenvalue weighted by Gasteiger charge is 2.31. The largest absolute Gasteiger partial charge is 0.480 e. The van der Waals surface area contributed by atoms with Crippen LogP contribution in [0.25, 0.3) is 11.5 Å². The van der Waals surface area contributed by atoms with Crippen molar-refractivity contribution in [1.29, 1.82) is 0 Å². The number of hydrogen-bond donors (Lipinski definition) is 2. The number of ether oxygens (including phenoxy) is 1. The van der Waals surface area contributed by atoms with E-state index >= 15 is 0 Å². The van der Waals surface area contributed by atoms with Crippen LogP contribution in [0.5, 0.6) is 0 Å². The first-order valence-electron chi connectivity index (χ1n) is 12.9. The Bertz CT molecular complexity index is 980. The number of carboxylic acid groups (broad SMARTS) is 1. The minimum Gasteiger partial charge on any atom is -0.480 e. The van der Waals surface area contributed by atoms with Crippen LogP contribution in [0.3, 0.4) is 0 Å². The Morgan fingerprint density at radius 2 is 1.89 bits per heavy atom. The van der Waals surface area contributed by atoms with Gasteiger partial charge in [-0.1, -0.05) is 53.2 Å². The van der Waals surface area contributed by atoms with E-state index < -0.39 is 12.0 Å². The summed E-state index contributed by atoms with van der Waals surface area (Å²) in [5, 5.41) is 12.1. The van der Waals surface area contributed by atoms with Gasteiger partial charge in [0.25, 0.3) is 0 Å². The van der Waals surface area contributed by atoms with E-state index in [9.17, 15) is 14.7 Å². The van der Waals surface area contributed by atoms with Crippen molar-refractivity contribution < 1.29 is 23.8 Å². The summed E-state index contributed by atoms with van der Waals surface area (Å²) >= 11 is 0. The Hall–Kier alpha value is -2.67. The second kappa shape index (κ2) is 12.3. The molecule has 0 aliphatic heterocycles. The topological polar surface area (TPSA) is 102 Å². The van der Waals surface area contributed by atoms with Gasteiger partial charge in [0.15, 0.2) is 0 Å². The van der Waals surface area contributed by atoms with Crippen LogP contribution < -0.4 is 5.32 Å². The molecule has 1 aromatic heterocycles. The van der Waals surface area contributed by atoms with E-state index in [-0.39, 0.29) is 23.7 Å². The lowest BCUT2D eigenvalue weighted by atomic mass is 9.81. The molecule has 1 aromatic carbocycles. The summed E-state index contributed by atoms with van der Waals surface area (Å²) in [5.74, 6) is 0.715. The fourth-order valence-electron chi connectivity index (χ4n) is 4.69. The number of benzene rings is 1. The van der Waals surface area contributed by atoms with Crippen molar-refractivity contribution in [3.8, 4) is 11.5 Å². The lowest BCUT2D eigenvalue weighted by molar-refractivity contribution is -0.144. The van der Waals surface area contributed by atoms with Crippen molar-refractivity contribution in [2.45, 2.75) is 85.3 Å². The van der Waals surface area contributed by atoms with E-state index in [1.807, 2.05) is 19.1 Å². The van der Waals surface area contributed by atoms with Gasteiger partial charge in [0.05, 0.1) is 6.61 Å². The fraction of sp³-hybridized carbons (Fsp3) is 0.607. The smallest absolute Gasteiger partial charge is 0.326 e. The van der Waals surface area contributed by atoms with Crippen LogP contribution in [0.2, 0.25) is 0 Å². The summed E-state index contributed by atoms with van der Waals surface area (Å²) in [6.45, 7) is 10.9. The molecule has 1 aliphatic carbocycles. The molecule has 2 aromatic rings. The van der Waals surface area contributed by atoms with E-state index in [2.05, 4.69) is 31.3 Å². The zero-order chi connectivity index (χ0) is 25.5. The highest BCUT2D eigenvalue weighted by Crippen LogP contribution is 2.30. The number of aryl methyl sites for hydroxylation is 1. The minimum absolute atomic E-state index is 0.159. The third-order valence-electron chi connectivity index (χ3n) is 6.90. The molecule has 7 heteroatoms. The lowest BCUT2D eigenvalue weighted by Gasteiger charge is -2.29. The van der Waals surface area contributed by atoms with Gasteiger partial charge in [-0.2, -0.15) is 0 Å². The van der Waals surface area contributed by atoms with Crippen molar-refractivity contribution in [3.05, 3.63) is 41.3 Å². The number of aliphatic carboxylic acids is 1. The number of carbonyl (C=O) groups excluding carboxylic acids is 1. The van der Waals surface area contributed by atoms with E-state index in [1.54, 1.807) is 13.8 Å². The van der Waals surface area contributed by atoms with Crippen LogP contribution in [0, 0.1) is 17.8 Å². The molecule has 2 unspecified atom stereocenters. The summed E-state index contributed by atoms with van der Waals surface area (Å²) in [4.78, 5) is 28.8. The zero-order valence-electron chi connectivity index (χ0n) is 21.7. The lowest BCUT2D eigenvalue weighted by Crippen LogP contribution is -2.47. The first kappa shape index (κ1) is 26.9. The first-order chi connectivity index (χ1) is 16.7. The molecule has 3 rings (SSSR count). The van der Waals surface area contributed by atoms with Gasteiger partial charge in [-0.05, 0) is 54.7 Å². The van der Waals surface area contributed by atoms with Crippen molar-refractivity contribution in [1.82, 2.24) is 10.3 Å². The second-order valence-electron chi connectivity index (χ2n) is 10.3. The number of nitrogens with one attached hydrogen (secondary N) is 1. The van der Waals surface area contributed by atoms with Crippen LogP contribution in [-0.2, 0) is 27.4 Å². The molecule has 1 heterocycles. The van der Waals surface area contributed by atoms with Crippen molar-refractivity contribution in [2.75, 3.05) is 6.61 Å². The number of aromatic nitrogens is 1. The zero-order valence-corrected chi connectivity index (χ0v) is 21.7. The monoisotopic (exact) mass is 484 g/mol. The standard InChI is InChI=1S/C28H40N2O5/c1-6-24-23(29-27(35-24)21-12-10-20(11-13-21)17(2)3)16-34-15-19-8-7-9-22(14-19)26(31)30-25(18(4)5)28(32)33/h10-13,17-19,22,25H,6-9,14-16H2,1-5H3,(H,30,31)(H,32,33)/t19?,22?,25-/m0/s1. The Morgan fingerprint density at radius 3 is 2.49 bits per heavy atom. The predicted octanol–water partition coefficient (Wildman–Crippen LogP) is 5.58. The maximum Gasteiger partial charge on any atom is 0.326 e. The molecule has 1 aliphatic rings. The Kier molecular flexibility index (Phi) is 9.49. The van der Waals surface area contributed by atoms with Crippen LogP contribution in [-0.4, -0.2) is 34.6 Å². The van der Waals surface area contributed by atoms with Gasteiger partial charge in [-0.3, -0.25) is 4.79 Å². The summed E-state index contributed by atoms with van der Waals surface area (Å²) in [6.07, 6.45) is 4.18. The van der Waals surface area contributed by atoms with Crippen LogP contribution >= 0.6 is 0 Å². The predicted molar refractivity (Wildman–Crippen MR) is 135 cm³/mol. The second-order valence-corrected chi connectivity index (χ2v) is 10.3. The molecule has 192 valence electrons. The van der Waals surface area contributed by atoms with E-state index in [4.69, 9.17) is 14.1 Å². The van der Waals surface area contributed by atoms with E-state index in [0.29, 0.717) is 31.4 Å². The molecule has 0 radical (unpaired) electrons. The van der Waals surface area contributed by atoms with E-state index in [1.165, 1.54) is 5.56 Å². The summed E-state index contributed by atoms with van der Waals surface area (Å²) in [6, 6.07) is 7.47. The molecule has 0 saturated heterocycles. The third kappa shape index (κ3) is 7.17. The van der Waals surface area contributed by atoms with Gasteiger partial charge >= 0.3 is 5.97 Å². The SMILES string of the molecule is CCc1oc(-c2ccc(C(C)C)cc2)nc1COCC1CCCC(C(=O)N[C@H](C(=O)O)C(C)C)C1. The number of amides is 1. The Balaban J connectivity index is 1.55. The molecule has 1 amide bonds. The number of carboxylic acids is 1. The van der Waals surface area contributed by atoms with Crippen LogP contribution in [0.1, 0.15) is 83.2 Å². The molecule has 0 bridgehead atoms. The average Bonchev–Trinajstić information content (AvgIpc) is 3.25. The Labute approximate surface area is 208 Å². The fourth-order valence-corrected chi connectivity index (χ4v) is 4.69. The summed E-state index contributed by atoms with van der Waals surface area (Å²) in [7, 11) is 0.